The van der Waals surface area contributed by atoms with Crippen LogP contribution in [0.2, 0.25) is 5.02 Å². The van der Waals surface area contributed by atoms with Crippen LogP contribution in [0.4, 0.5) is 0 Å². The van der Waals surface area contributed by atoms with E-state index < -0.39 is 5.97 Å². The van der Waals surface area contributed by atoms with Crippen molar-refractivity contribution in [3.8, 4) is 11.5 Å². The van der Waals surface area contributed by atoms with Crippen LogP contribution in [0, 0.1) is 0 Å². The number of esters is 1. The summed E-state index contributed by atoms with van der Waals surface area (Å²) in [5, 5.41) is 10.9. The molecule has 118 valence electrons. The molecule has 0 saturated heterocycles. The zero-order chi connectivity index (χ0) is 16.1. The van der Waals surface area contributed by atoms with Gasteiger partial charge in [-0.25, -0.2) is 4.79 Å². The molecule has 22 heavy (non-hydrogen) atoms. The van der Waals surface area contributed by atoms with Gasteiger partial charge in [0.2, 0.25) is 0 Å². The third-order valence-corrected chi connectivity index (χ3v) is 3.23. The lowest BCUT2D eigenvalue weighted by atomic mass is 10.1. The lowest BCUT2D eigenvalue weighted by Crippen LogP contribution is -2.06. The average Bonchev–Trinajstić information content (AvgIpc) is 2.49. The minimum Gasteiger partial charge on any atom is -0.506 e. The van der Waals surface area contributed by atoms with E-state index in [-0.39, 0.29) is 17.9 Å². The third kappa shape index (κ3) is 3.40. The standard InChI is InChI=1S/C15H16ClNO5/c1-3-21-15(19)10-8-17-12-7-13(22-5-4-20-2)11(16)6-9(12)14(10)18/h6-8H,3-5H2,1-2H3,(H,17,18). The molecular formula is C15H16ClNO5. The molecular weight excluding hydrogens is 310 g/mol. The van der Waals surface area contributed by atoms with Crippen molar-refractivity contribution in [2.45, 2.75) is 6.92 Å². The minimum absolute atomic E-state index is 0.00142. The van der Waals surface area contributed by atoms with Gasteiger partial charge in [-0.2, -0.15) is 0 Å². The van der Waals surface area contributed by atoms with Crippen molar-refractivity contribution in [2.75, 3.05) is 26.9 Å². The fraction of sp³-hybridized carbons (Fsp3) is 0.333. The highest BCUT2D eigenvalue weighted by Crippen LogP contribution is 2.35. The Bertz CT molecular complexity index is 689. The number of methoxy groups -OCH3 is 1. The number of ether oxygens (including phenoxy) is 3. The maximum Gasteiger partial charge on any atom is 0.343 e. The highest BCUT2D eigenvalue weighted by molar-refractivity contribution is 6.33. The number of carbonyl (C=O) groups is 1. The van der Waals surface area contributed by atoms with E-state index in [2.05, 4.69) is 4.98 Å². The second-order valence-electron chi connectivity index (χ2n) is 4.38. The Hall–Kier alpha value is -2.05. The van der Waals surface area contributed by atoms with Crippen LogP contribution in [0.15, 0.2) is 18.3 Å². The van der Waals surface area contributed by atoms with Crippen LogP contribution in [-0.4, -0.2) is 43.0 Å². The Kier molecular flexibility index (Phi) is 5.41. The van der Waals surface area contributed by atoms with Gasteiger partial charge in [0.1, 0.15) is 23.7 Å². The molecule has 1 heterocycles. The van der Waals surface area contributed by atoms with Gasteiger partial charge in [-0.05, 0) is 13.0 Å². The number of hydrogen-bond acceptors (Lipinski definition) is 6. The van der Waals surface area contributed by atoms with Gasteiger partial charge in [-0.3, -0.25) is 4.98 Å². The van der Waals surface area contributed by atoms with Crippen LogP contribution in [0.1, 0.15) is 17.3 Å². The quantitative estimate of drug-likeness (QED) is 0.650. The molecule has 1 aromatic heterocycles. The van der Waals surface area contributed by atoms with Gasteiger partial charge in [-0.1, -0.05) is 11.6 Å². The Morgan fingerprint density at radius 2 is 2.14 bits per heavy atom. The van der Waals surface area contributed by atoms with Gasteiger partial charge in [0, 0.05) is 24.8 Å². The molecule has 0 bridgehead atoms. The SMILES string of the molecule is CCOC(=O)c1cnc2cc(OCCOC)c(Cl)cc2c1O. The molecule has 0 saturated carbocycles. The summed E-state index contributed by atoms with van der Waals surface area (Å²) in [7, 11) is 1.57. The summed E-state index contributed by atoms with van der Waals surface area (Å²) in [6, 6.07) is 3.10. The number of benzene rings is 1. The zero-order valence-corrected chi connectivity index (χ0v) is 13.0. The van der Waals surface area contributed by atoms with Crippen LogP contribution in [0.25, 0.3) is 10.9 Å². The summed E-state index contributed by atoms with van der Waals surface area (Å²) in [5.41, 5.74) is 0.459. The number of hydrogen-bond donors (Lipinski definition) is 1. The van der Waals surface area contributed by atoms with Crippen molar-refractivity contribution in [3.63, 3.8) is 0 Å². The Balaban J connectivity index is 2.40. The first-order valence-corrected chi connectivity index (χ1v) is 7.06. The summed E-state index contributed by atoms with van der Waals surface area (Å²) in [5.74, 6) is -0.415. The first kappa shape index (κ1) is 16.3. The molecule has 0 aliphatic heterocycles. The number of aromatic hydroxyl groups is 1. The van der Waals surface area contributed by atoms with Crippen molar-refractivity contribution in [1.82, 2.24) is 4.98 Å². The van der Waals surface area contributed by atoms with Crippen molar-refractivity contribution in [2.24, 2.45) is 0 Å². The van der Waals surface area contributed by atoms with Gasteiger partial charge in [0.05, 0.1) is 23.8 Å². The van der Waals surface area contributed by atoms with E-state index >= 15 is 0 Å². The second kappa shape index (κ2) is 7.29. The number of fused-ring (bicyclic) bond motifs is 1. The third-order valence-electron chi connectivity index (χ3n) is 2.93. The predicted molar refractivity (Wildman–Crippen MR) is 81.7 cm³/mol. The van der Waals surface area contributed by atoms with E-state index in [4.69, 9.17) is 25.8 Å². The summed E-state index contributed by atoms with van der Waals surface area (Å²) in [6.07, 6.45) is 1.27. The normalized spacial score (nSPS) is 10.7. The number of aromatic nitrogens is 1. The predicted octanol–water partition coefficient (Wildman–Crippen LogP) is 2.80. The van der Waals surface area contributed by atoms with Gasteiger partial charge < -0.3 is 19.3 Å². The molecule has 1 N–H and O–H groups in total. The lowest BCUT2D eigenvalue weighted by molar-refractivity contribution is 0.0523. The monoisotopic (exact) mass is 325 g/mol. The van der Waals surface area contributed by atoms with E-state index in [1.165, 1.54) is 12.3 Å². The first-order valence-electron chi connectivity index (χ1n) is 6.68. The maximum absolute atomic E-state index is 11.7. The molecule has 1 aromatic carbocycles. The van der Waals surface area contributed by atoms with Crippen LogP contribution >= 0.6 is 11.6 Å². The van der Waals surface area contributed by atoms with E-state index in [0.29, 0.717) is 34.9 Å². The molecule has 2 aromatic rings. The summed E-state index contributed by atoms with van der Waals surface area (Å²) in [6.45, 7) is 2.66. The van der Waals surface area contributed by atoms with Gasteiger partial charge in [0.25, 0.3) is 0 Å². The van der Waals surface area contributed by atoms with Crippen molar-refractivity contribution < 1.29 is 24.1 Å². The number of nitrogens with zero attached hydrogens (tertiary/aromatic N) is 1. The highest BCUT2D eigenvalue weighted by atomic mass is 35.5. The molecule has 0 aliphatic carbocycles. The number of pyridine rings is 1. The van der Waals surface area contributed by atoms with Crippen LogP contribution in [-0.2, 0) is 9.47 Å². The number of carbonyl (C=O) groups excluding carboxylic acids is 1. The van der Waals surface area contributed by atoms with Crippen LogP contribution in [0.3, 0.4) is 0 Å². The Morgan fingerprint density at radius 3 is 2.82 bits per heavy atom. The molecule has 0 spiro atoms. The van der Waals surface area contributed by atoms with Gasteiger partial charge in [0.15, 0.2) is 0 Å². The van der Waals surface area contributed by atoms with E-state index in [9.17, 15) is 9.90 Å². The van der Waals surface area contributed by atoms with Crippen molar-refractivity contribution in [1.29, 1.82) is 0 Å². The maximum atomic E-state index is 11.7. The van der Waals surface area contributed by atoms with E-state index in [1.807, 2.05) is 0 Å². The van der Waals surface area contributed by atoms with Gasteiger partial charge >= 0.3 is 5.97 Å². The minimum atomic E-state index is -0.633. The summed E-state index contributed by atoms with van der Waals surface area (Å²) in [4.78, 5) is 15.9. The molecule has 0 unspecified atom stereocenters. The molecule has 0 aliphatic rings. The smallest absolute Gasteiger partial charge is 0.343 e. The Labute approximate surface area is 132 Å². The molecule has 0 radical (unpaired) electrons. The fourth-order valence-corrected chi connectivity index (χ4v) is 2.10. The second-order valence-corrected chi connectivity index (χ2v) is 4.79. The molecule has 0 fully saturated rings. The molecule has 6 nitrogen and oxygen atoms in total. The number of rotatable bonds is 6. The fourth-order valence-electron chi connectivity index (χ4n) is 1.88. The number of halogens is 1. The largest absolute Gasteiger partial charge is 0.506 e. The summed E-state index contributed by atoms with van der Waals surface area (Å²) >= 11 is 6.13. The lowest BCUT2D eigenvalue weighted by Gasteiger charge is -2.11. The van der Waals surface area contributed by atoms with Crippen molar-refractivity contribution >= 4 is 28.5 Å². The van der Waals surface area contributed by atoms with E-state index in [0.717, 1.165) is 0 Å². The first-order chi connectivity index (χ1) is 10.6. The van der Waals surface area contributed by atoms with E-state index in [1.54, 1.807) is 20.1 Å². The highest BCUT2D eigenvalue weighted by Gasteiger charge is 2.17. The Morgan fingerprint density at radius 1 is 1.36 bits per heavy atom. The molecule has 0 atom stereocenters. The average molecular weight is 326 g/mol. The van der Waals surface area contributed by atoms with Crippen LogP contribution < -0.4 is 4.74 Å². The van der Waals surface area contributed by atoms with Crippen LogP contribution in [0.5, 0.6) is 11.5 Å². The molecule has 0 amide bonds. The topological polar surface area (TPSA) is 77.9 Å². The summed E-state index contributed by atoms with van der Waals surface area (Å²) < 4.78 is 15.2. The molecule has 2 rings (SSSR count). The molecule has 7 heteroatoms. The zero-order valence-electron chi connectivity index (χ0n) is 12.3. The van der Waals surface area contributed by atoms with Gasteiger partial charge in [-0.15, -0.1) is 0 Å². The van der Waals surface area contributed by atoms with Crippen molar-refractivity contribution in [3.05, 3.63) is 28.9 Å².